The van der Waals surface area contributed by atoms with Gasteiger partial charge in [-0.1, -0.05) is 24.3 Å². The third kappa shape index (κ3) is 3.60. The average Bonchev–Trinajstić information content (AvgIpc) is 3.30. The van der Waals surface area contributed by atoms with E-state index in [9.17, 15) is 0 Å². The molecule has 1 aliphatic heterocycles. The van der Waals surface area contributed by atoms with Crippen LogP contribution in [0.1, 0.15) is 39.0 Å². The molecule has 0 amide bonds. The number of unbranched alkanes of at least 4 members (excludes halogenated alkanes) is 1. The predicted molar refractivity (Wildman–Crippen MR) is 78.8 cm³/mol. The second-order valence-corrected chi connectivity index (χ2v) is 5.48. The molecule has 0 aromatic heterocycles. The van der Waals surface area contributed by atoms with Gasteiger partial charge in [0.25, 0.3) is 0 Å². The number of methoxy groups -OCH3 is 1. The maximum atomic E-state index is 5.37. The molecule has 1 saturated heterocycles. The van der Waals surface area contributed by atoms with Crippen LogP contribution in [0, 0.1) is 5.41 Å². The molecule has 2 unspecified atom stereocenters. The van der Waals surface area contributed by atoms with Gasteiger partial charge in [-0.3, -0.25) is 0 Å². The summed E-state index contributed by atoms with van der Waals surface area (Å²) in [5.41, 5.74) is 0.155. The third-order valence-corrected chi connectivity index (χ3v) is 4.05. The highest BCUT2D eigenvalue weighted by Crippen LogP contribution is 2.51. The van der Waals surface area contributed by atoms with Crippen LogP contribution in [0.5, 0.6) is 0 Å². The van der Waals surface area contributed by atoms with E-state index in [2.05, 4.69) is 41.6 Å². The van der Waals surface area contributed by atoms with E-state index < -0.39 is 0 Å². The lowest BCUT2D eigenvalue weighted by molar-refractivity contribution is 0.347. The van der Waals surface area contributed by atoms with Crippen molar-refractivity contribution in [3.05, 3.63) is 24.3 Å². The molecule has 4 nitrogen and oxygen atoms in total. The van der Waals surface area contributed by atoms with Gasteiger partial charge in [0.2, 0.25) is 5.90 Å². The van der Waals surface area contributed by atoms with E-state index in [1.165, 1.54) is 6.42 Å². The molecule has 106 valence electrons. The molecule has 0 aromatic carbocycles. The second-order valence-electron chi connectivity index (χ2n) is 5.48. The number of hydrazone groups is 1. The molecule has 1 heterocycles. The number of hydrogen-bond acceptors (Lipinski definition) is 4. The number of nitrogens with two attached hydrogens (primary N) is 1. The first kappa shape index (κ1) is 14.1. The van der Waals surface area contributed by atoms with E-state index in [4.69, 9.17) is 10.6 Å². The monoisotopic (exact) mass is 263 g/mol. The van der Waals surface area contributed by atoms with Gasteiger partial charge in [0.15, 0.2) is 0 Å². The van der Waals surface area contributed by atoms with Gasteiger partial charge in [-0.15, -0.1) is 5.10 Å². The fraction of sp³-hybridized carbons (Fsp3) is 0.667. The maximum absolute atomic E-state index is 5.37. The van der Waals surface area contributed by atoms with Crippen molar-refractivity contribution in [1.82, 2.24) is 5.32 Å². The van der Waals surface area contributed by atoms with Crippen LogP contribution in [0.15, 0.2) is 29.4 Å². The zero-order valence-electron chi connectivity index (χ0n) is 11.9. The Morgan fingerprint density at radius 3 is 2.74 bits per heavy atom. The van der Waals surface area contributed by atoms with Crippen LogP contribution in [0.2, 0.25) is 0 Å². The lowest BCUT2D eigenvalue weighted by atomic mass is 9.98. The molecule has 0 bridgehead atoms. The highest BCUT2D eigenvalue weighted by atomic mass is 16.5. The molecule has 1 saturated carbocycles. The van der Waals surface area contributed by atoms with Crippen molar-refractivity contribution in [2.45, 2.75) is 51.1 Å². The lowest BCUT2D eigenvalue weighted by Gasteiger charge is -2.14. The maximum Gasteiger partial charge on any atom is 0.211 e. The molecule has 4 heteroatoms. The number of rotatable bonds is 7. The number of ether oxygens (including phenoxy) is 1. The molecule has 0 radical (unpaired) electrons. The van der Waals surface area contributed by atoms with Gasteiger partial charge in [0.05, 0.1) is 7.11 Å². The number of allylic oxidation sites excluding steroid dienone is 2. The Balaban J connectivity index is 1.64. The topological polar surface area (TPSA) is 69.5 Å². The van der Waals surface area contributed by atoms with Crippen molar-refractivity contribution in [3.8, 4) is 0 Å². The molecule has 2 fully saturated rings. The minimum atomic E-state index is 0.155. The summed E-state index contributed by atoms with van der Waals surface area (Å²) in [5.74, 6) is 6.10. The van der Waals surface area contributed by atoms with Gasteiger partial charge >= 0.3 is 0 Å². The quantitative estimate of drug-likeness (QED) is 0.141. The summed E-state index contributed by atoms with van der Waals surface area (Å²) in [5, 5.41) is 7.16. The highest BCUT2D eigenvalue weighted by molar-refractivity contribution is 5.84. The van der Waals surface area contributed by atoms with Crippen molar-refractivity contribution in [2.24, 2.45) is 16.4 Å². The summed E-state index contributed by atoms with van der Waals surface area (Å²) in [7, 11) is 1.66. The van der Waals surface area contributed by atoms with Crippen molar-refractivity contribution in [2.75, 3.05) is 7.11 Å². The first-order valence-electron chi connectivity index (χ1n) is 7.13. The van der Waals surface area contributed by atoms with Crippen LogP contribution >= 0.6 is 0 Å². The fourth-order valence-corrected chi connectivity index (χ4v) is 2.65. The minimum Gasteiger partial charge on any atom is -0.483 e. The van der Waals surface area contributed by atoms with E-state index in [1.807, 2.05) is 0 Å². The van der Waals surface area contributed by atoms with Crippen molar-refractivity contribution >= 4 is 5.90 Å². The van der Waals surface area contributed by atoms with Gasteiger partial charge < -0.3 is 15.9 Å². The first-order chi connectivity index (χ1) is 9.25. The van der Waals surface area contributed by atoms with Crippen molar-refractivity contribution in [3.63, 3.8) is 0 Å². The Morgan fingerprint density at radius 1 is 1.42 bits per heavy atom. The smallest absolute Gasteiger partial charge is 0.211 e. The third-order valence-electron chi connectivity index (χ3n) is 4.05. The van der Waals surface area contributed by atoms with Crippen LogP contribution in [-0.2, 0) is 4.74 Å². The molecule has 2 rings (SSSR count). The molecule has 19 heavy (non-hydrogen) atoms. The second kappa shape index (κ2) is 6.24. The molecule has 0 spiro atoms. The van der Waals surface area contributed by atoms with Crippen LogP contribution < -0.4 is 11.2 Å². The first-order valence-corrected chi connectivity index (χ1v) is 7.13. The zero-order valence-corrected chi connectivity index (χ0v) is 11.9. The summed E-state index contributed by atoms with van der Waals surface area (Å²) in [6.07, 6.45) is 14.6. The summed E-state index contributed by atoms with van der Waals surface area (Å²) in [4.78, 5) is 0. The van der Waals surface area contributed by atoms with Crippen molar-refractivity contribution in [1.29, 1.82) is 0 Å². The van der Waals surface area contributed by atoms with Gasteiger partial charge in [0.1, 0.15) is 0 Å². The van der Waals surface area contributed by atoms with Gasteiger partial charge in [-0.25, -0.2) is 0 Å². The van der Waals surface area contributed by atoms with Crippen molar-refractivity contribution < 1.29 is 4.74 Å². The van der Waals surface area contributed by atoms with Crippen LogP contribution in [0.3, 0.4) is 0 Å². The summed E-state index contributed by atoms with van der Waals surface area (Å²) in [6.45, 7) is 2.06. The van der Waals surface area contributed by atoms with E-state index in [1.54, 1.807) is 7.11 Å². The SMILES string of the molecule is C/C=C/C1NC1/C=C/CCCC1(/C(=N/N)OC)CC1. The number of hydrogen-bond donors (Lipinski definition) is 2. The fourth-order valence-electron chi connectivity index (χ4n) is 2.65. The Hall–Kier alpha value is -1.29. The Kier molecular flexibility index (Phi) is 4.64. The molecular formula is C15H25N3O. The lowest BCUT2D eigenvalue weighted by Crippen LogP contribution is -2.19. The molecule has 2 aliphatic rings. The molecular weight excluding hydrogens is 238 g/mol. The average molecular weight is 263 g/mol. The van der Waals surface area contributed by atoms with Crippen LogP contribution in [0.25, 0.3) is 0 Å². The summed E-state index contributed by atoms with van der Waals surface area (Å²) < 4.78 is 5.26. The Labute approximate surface area is 115 Å². The standard InChI is InChI=1S/C15H25N3O/c1-3-7-12-13(17-12)8-5-4-6-9-15(10-11-15)14(18-16)19-2/h3,5,7-8,12-13,17H,4,6,9-11,16H2,1-2H3/b7-3+,8-5+,18-14-. The minimum absolute atomic E-state index is 0.155. The largest absolute Gasteiger partial charge is 0.483 e. The van der Waals surface area contributed by atoms with Gasteiger partial charge in [0, 0.05) is 17.5 Å². The van der Waals surface area contributed by atoms with E-state index >= 15 is 0 Å². The van der Waals surface area contributed by atoms with E-state index in [0.717, 1.165) is 31.6 Å². The number of nitrogens with zero attached hydrogens (tertiary/aromatic N) is 1. The summed E-state index contributed by atoms with van der Waals surface area (Å²) >= 11 is 0. The van der Waals surface area contributed by atoms with E-state index in [0.29, 0.717) is 12.1 Å². The van der Waals surface area contributed by atoms with E-state index in [-0.39, 0.29) is 5.41 Å². The van der Waals surface area contributed by atoms with Gasteiger partial charge in [-0.2, -0.15) is 0 Å². The molecule has 2 atom stereocenters. The highest BCUT2D eigenvalue weighted by Gasteiger charge is 2.48. The molecule has 1 aliphatic carbocycles. The Morgan fingerprint density at radius 2 is 2.16 bits per heavy atom. The predicted octanol–water partition coefficient (Wildman–Crippen LogP) is 2.33. The Bertz CT molecular complexity index is 383. The normalized spacial score (nSPS) is 29.1. The number of nitrogens with one attached hydrogen (secondary N) is 1. The zero-order chi connectivity index (χ0) is 13.7. The molecule has 3 N–H and O–H groups in total. The van der Waals surface area contributed by atoms with Crippen LogP contribution in [-0.4, -0.2) is 25.1 Å². The van der Waals surface area contributed by atoms with Crippen LogP contribution in [0.4, 0.5) is 0 Å². The molecule has 0 aromatic rings. The van der Waals surface area contributed by atoms with Gasteiger partial charge in [-0.05, 0) is 39.0 Å². The summed E-state index contributed by atoms with van der Waals surface area (Å²) in [6, 6.07) is 1.10.